The molecule has 49 heavy (non-hydrogen) atoms. The fraction of sp³-hybridized carbons (Fsp3) is 0.133. The van der Waals surface area contributed by atoms with E-state index in [2.05, 4.69) is 134 Å². The number of benzene rings is 4. The lowest BCUT2D eigenvalue weighted by Gasteiger charge is -2.23. The Morgan fingerprint density at radius 1 is 0.592 bits per heavy atom. The van der Waals surface area contributed by atoms with Gasteiger partial charge in [-0.2, -0.15) is 0 Å². The zero-order valence-electron chi connectivity index (χ0n) is 27.0. The van der Waals surface area contributed by atoms with Crippen molar-refractivity contribution in [3.8, 4) is 0 Å². The molecular weight excluding hydrogens is 599 g/mol. The summed E-state index contributed by atoms with van der Waals surface area (Å²) < 4.78 is 6.29. The van der Waals surface area contributed by atoms with E-state index < -0.39 is 0 Å². The molecule has 0 spiro atoms. The normalized spacial score (nSPS) is 20.7. The van der Waals surface area contributed by atoms with Gasteiger partial charge in [-0.1, -0.05) is 127 Å². The Morgan fingerprint density at radius 3 is 2.24 bits per heavy atom. The van der Waals surface area contributed by atoms with Gasteiger partial charge >= 0.3 is 0 Å². The van der Waals surface area contributed by atoms with E-state index >= 15 is 0 Å². The van der Waals surface area contributed by atoms with Crippen LogP contribution in [0.25, 0.3) is 50.8 Å². The first-order valence-corrected chi connectivity index (χ1v) is 17.3. The van der Waals surface area contributed by atoms with Crippen LogP contribution < -0.4 is 20.9 Å². The van der Waals surface area contributed by atoms with Crippen LogP contribution in [0.15, 0.2) is 138 Å². The van der Waals surface area contributed by atoms with Crippen LogP contribution >= 0.6 is 0 Å². The summed E-state index contributed by atoms with van der Waals surface area (Å²) in [6.07, 6.45) is 22.8. The van der Waals surface area contributed by atoms with Crippen LogP contribution in [0.5, 0.6) is 0 Å². The highest BCUT2D eigenvalue weighted by Crippen LogP contribution is 2.34. The van der Waals surface area contributed by atoms with E-state index in [4.69, 9.17) is 19.4 Å². The predicted octanol–water partition coefficient (Wildman–Crippen LogP) is 7.02. The Balaban J connectivity index is 1.15. The Labute approximate surface area is 283 Å². The highest BCUT2D eigenvalue weighted by Gasteiger charge is 2.24. The van der Waals surface area contributed by atoms with E-state index in [1.807, 2.05) is 12.1 Å². The molecule has 0 saturated heterocycles. The Morgan fingerprint density at radius 2 is 1.33 bits per heavy atom. The van der Waals surface area contributed by atoms with Crippen molar-refractivity contribution in [2.45, 2.75) is 25.2 Å². The summed E-state index contributed by atoms with van der Waals surface area (Å²) in [5.74, 6) is 3.11. The Hall–Kier alpha value is -5.87. The van der Waals surface area contributed by atoms with Crippen molar-refractivity contribution in [2.75, 3.05) is 0 Å². The van der Waals surface area contributed by atoms with Crippen LogP contribution in [0, 0.1) is 11.8 Å². The number of allylic oxidation sites excluding steroid dienone is 8. The van der Waals surface area contributed by atoms with Crippen LogP contribution in [0.1, 0.15) is 48.2 Å². The molecule has 0 aliphatic heterocycles. The van der Waals surface area contributed by atoms with E-state index in [0.29, 0.717) is 11.8 Å². The summed E-state index contributed by atoms with van der Waals surface area (Å²) in [5, 5.41) is 7.23. The number of nitrogens with zero attached hydrogens (tertiary/aromatic N) is 3. The fourth-order valence-electron chi connectivity index (χ4n) is 7.99. The molecule has 4 heteroatoms. The van der Waals surface area contributed by atoms with Gasteiger partial charge in [0, 0.05) is 39.7 Å². The van der Waals surface area contributed by atoms with Crippen LogP contribution in [0.2, 0.25) is 0 Å². The molecule has 2 aromatic heterocycles. The van der Waals surface area contributed by atoms with Gasteiger partial charge in [-0.3, -0.25) is 0 Å². The average molecular weight is 632 g/mol. The van der Waals surface area contributed by atoms with Crippen LogP contribution in [-0.2, 0) is 0 Å². The summed E-state index contributed by atoms with van der Waals surface area (Å²) in [4.78, 5) is 15.7. The van der Waals surface area contributed by atoms with Gasteiger partial charge < -0.3 is 4.42 Å². The van der Waals surface area contributed by atoms with Gasteiger partial charge in [0.1, 0.15) is 17.0 Å². The standard InChI is InChI=1S/C45H33N3O/c1-3-11-30-25-33(19-17-28(30)9-1)43-46-44(34-20-18-29-10-2-4-12-31(29)26-34)48-45(47-43)40-24-23-35(36-13-5-6-14-37(36)40)32-21-22-39-38-15-7-8-16-41(38)49-42(39)27-32/h1-19,21-22,25-28,30,34H,20,23-24H2. The van der Waals surface area contributed by atoms with Gasteiger partial charge in [0.15, 0.2) is 11.6 Å². The summed E-state index contributed by atoms with van der Waals surface area (Å²) in [7, 11) is 0. The van der Waals surface area contributed by atoms with Crippen LogP contribution in [-0.4, -0.2) is 15.0 Å². The number of fused-ring (bicyclic) bond motifs is 6. The average Bonchev–Trinajstić information content (AvgIpc) is 3.55. The molecule has 3 atom stereocenters. The first-order chi connectivity index (χ1) is 24.2. The molecule has 0 amide bonds. The van der Waals surface area contributed by atoms with Gasteiger partial charge in [-0.05, 0) is 69.5 Å². The minimum Gasteiger partial charge on any atom is -0.456 e. The van der Waals surface area contributed by atoms with Gasteiger partial charge in [0.25, 0.3) is 0 Å². The molecule has 4 aromatic carbocycles. The van der Waals surface area contributed by atoms with Crippen molar-refractivity contribution >= 4 is 50.8 Å². The molecule has 0 fully saturated rings. The molecule has 0 bridgehead atoms. The summed E-state index contributed by atoms with van der Waals surface area (Å²) in [6, 6.07) is 32.2. The molecule has 4 nitrogen and oxygen atoms in total. The third-order valence-electron chi connectivity index (χ3n) is 10.5. The lowest BCUT2D eigenvalue weighted by atomic mass is 9.83. The highest BCUT2D eigenvalue weighted by molar-refractivity contribution is 6.05. The maximum atomic E-state index is 6.29. The van der Waals surface area contributed by atoms with Crippen molar-refractivity contribution in [1.29, 1.82) is 0 Å². The van der Waals surface area contributed by atoms with E-state index in [1.54, 1.807) is 0 Å². The Kier molecular flexibility index (Phi) is 6.54. The van der Waals surface area contributed by atoms with Crippen LogP contribution in [0.4, 0.5) is 0 Å². The first-order valence-electron chi connectivity index (χ1n) is 17.3. The van der Waals surface area contributed by atoms with E-state index in [-0.39, 0.29) is 5.92 Å². The van der Waals surface area contributed by atoms with Gasteiger partial charge in [0.2, 0.25) is 0 Å². The third-order valence-corrected chi connectivity index (χ3v) is 10.5. The largest absolute Gasteiger partial charge is 0.456 e. The third kappa shape index (κ3) is 4.86. The second kappa shape index (κ2) is 11.4. The molecule has 4 aliphatic rings. The summed E-state index contributed by atoms with van der Waals surface area (Å²) >= 11 is 0. The zero-order chi connectivity index (χ0) is 32.3. The van der Waals surface area contributed by atoms with Crippen molar-refractivity contribution in [1.82, 2.24) is 15.0 Å². The second-order valence-corrected chi connectivity index (χ2v) is 13.4. The van der Waals surface area contributed by atoms with Crippen molar-refractivity contribution in [3.05, 3.63) is 177 Å². The van der Waals surface area contributed by atoms with Crippen molar-refractivity contribution < 1.29 is 4.42 Å². The van der Waals surface area contributed by atoms with E-state index in [0.717, 1.165) is 64.2 Å². The SMILES string of the molecule is C1=CC2C=CC(c3nc(C4=c5ccccc5=C(c5ccc6c(c5)oc5ccccc56)CC4)nc(C4C=c5ccccc5=CC4)n3)=CC2C=C1. The minimum absolute atomic E-state index is 0.0749. The molecule has 0 N–H and O–H groups in total. The van der Waals surface area contributed by atoms with Gasteiger partial charge in [-0.15, -0.1) is 0 Å². The smallest absolute Gasteiger partial charge is 0.163 e. The van der Waals surface area contributed by atoms with E-state index in [1.165, 1.54) is 37.6 Å². The molecule has 234 valence electrons. The lowest BCUT2D eigenvalue weighted by Crippen LogP contribution is -2.33. The number of aromatic nitrogens is 3. The molecule has 3 unspecified atom stereocenters. The summed E-state index contributed by atoms with van der Waals surface area (Å²) in [5.41, 5.74) is 6.60. The minimum atomic E-state index is 0.0749. The van der Waals surface area contributed by atoms with E-state index in [9.17, 15) is 0 Å². The molecule has 0 radical (unpaired) electrons. The number of hydrogen-bond donors (Lipinski definition) is 0. The Bertz CT molecular complexity index is 2720. The number of para-hydroxylation sites is 1. The number of rotatable bonds is 4. The maximum absolute atomic E-state index is 6.29. The molecule has 0 saturated carbocycles. The van der Waals surface area contributed by atoms with Crippen molar-refractivity contribution in [3.63, 3.8) is 0 Å². The topological polar surface area (TPSA) is 51.8 Å². The first kappa shape index (κ1) is 28.2. The molecule has 4 aliphatic carbocycles. The lowest BCUT2D eigenvalue weighted by molar-refractivity contribution is 0.661. The molecule has 6 aromatic rings. The predicted molar refractivity (Wildman–Crippen MR) is 198 cm³/mol. The molecule has 10 rings (SSSR count). The van der Waals surface area contributed by atoms with Crippen molar-refractivity contribution in [2.24, 2.45) is 11.8 Å². The molecular formula is C45H33N3O. The quantitative estimate of drug-likeness (QED) is 0.210. The second-order valence-electron chi connectivity index (χ2n) is 13.4. The highest BCUT2D eigenvalue weighted by atomic mass is 16.3. The molecule has 2 heterocycles. The van der Waals surface area contributed by atoms with Gasteiger partial charge in [-0.25, -0.2) is 15.0 Å². The van der Waals surface area contributed by atoms with Crippen LogP contribution in [0.3, 0.4) is 0 Å². The number of furan rings is 1. The maximum Gasteiger partial charge on any atom is 0.163 e. The van der Waals surface area contributed by atoms with Gasteiger partial charge in [0.05, 0.1) is 0 Å². The number of hydrogen-bond acceptors (Lipinski definition) is 4. The zero-order valence-corrected chi connectivity index (χ0v) is 27.0. The monoisotopic (exact) mass is 631 g/mol. The summed E-state index contributed by atoms with van der Waals surface area (Å²) in [6.45, 7) is 0. The fourth-order valence-corrected chi connectivity index (χ4v) is 7.99.